The molecule has 0 fully saturated rings. The van der Waals surface area contributed by atoms with E-state index in [1.165, 1.54) is 11.0 Å². The average molecular weight is 555 g/mol. The molecule has 0 unspecified atom stereocenters. The summed E-state index contributed by atoms with van der Waals surface area (Å²) in [5.74, 6) is -1.64. The number of hydrogen-bond donors (Lipinski definition) is 0. The summed E-state index contributed by atoms with van der Waals surface area (Å²) in [7, 11) is -3.51. The number of anilines is 1. The molecule has 1 aliphatic rings. The maximum Gasteiger partial charge on any atom is 0.435 e. The minimum atomic E-state index is -4.86. The first-order valence-electron chi connectivity index (χ1n) is 11.5. The Morgan fingerprint density at radius 2 is 1.79 bits per heavy atom. The largest absolute Gasteiger partial charge is 0.435 e. The van der Waals surface area contributed by atoms with E-state index in [-0.39, 0.29) is 17.1 Å². The zero-order valence-electron chi connectivity index (χ0n) is 20.2. The second-order valence-corrected chi connectivity index (χ2v) is 10.9. The molecule has 0 saturated carbocycles. The lowest BCUT2D eigenvalue weighted by atomic mass is 10.0. The minimum Gasteiger partial charge on any atom is -0.306 e. The number of rotatable bonds is 4. The van der Waals surface area contributed by atoms with Crippen LogP contribution < -0.4 is 4.90 Å². The standard InChI is InChI=1S/C27H18F4N4O3S/c1-39(37,38)24-5-3-2-4-20(24)16-6-9-22-17(12-16)10-11-34(22)26(36)23-14-25(27(29,30)31)33-35(23)19-7-8-21(28)18(13-19)15-32/h2-9,12-14H,10-11H2,1H3. The summed E-state index contributed by atoms with van der Waals surface area (Å²) >= 11 is 0. The molecule has 12 heteroatoms. The average Bonchev–Trinajstić information content (AvgIpc) is 3.53. The molecule has 198 valence electrons. The van der Waals surface area contributed by atoms with Crippen LogP contribution in [0.4, 0.5) is 23.2 Å². The van der Waals surface area contributed by atoms with Crippen molar-refractivity contribution in [1.29, 1.82) is 5.26 Å². The summed E-state index contributed by atoms with van der Waals surface area (Å²) < 4.78 is 79.8. The number of carbonyl (C=O) groups excluding carboxylic acids is 1. The van der Waals surface area contributed by atoms with Crippen LogP contribution in [0.1, 0.15) is 27.3 Å². The van der Waals surface area contributed by atoms with E-state index in [2.05, 4.69) is 5.10 Å². The molecule has 39 heavy (non-hydrogen) atoms. The van der Waals surface area contributed by atoms with E-state index in [0.717, 1.165) is 29.1 Å². The highest BCUT2D eigenvalue weighted by Gasteiger charge is 2.38. The smallest absolute Gasteiger partial charge is 0.306 e. The molecule has 0 radical (unpaired) electrons. The van der Waals surface area contributed by atoms with Crippen molar-refractivity contribution < 1.29 is 30.8 Å². The molecule has 2 heterocycles. The molecule has 0 aliphatic carbocycles. The van der Waals surface area contributed by atoms with Crippen molar-refractivity contribution in [2.24, 2.45) is 0 Å². The van der Waals surface area contributed by atoms with Crippen LogP contribution in [0.15, 0.2) is 71.6 Å². The van der Waals surface area contributed by atoms with Gasteiger partial charge < -0.3 is 4.90 Å². The predicted molar refractivity (Wildman–Crippen MR) is 134 cm³/mol. The van der Waals surface area contributed by atoms with Crippen molar-refractivity contribution in [3.63, 3.8) is 0 Å². The van der Waals surface area contributed by atoms with Crippen LogP contribution in [0.5, 0.6) is 0 Å². The van der Waals surface area contributed by atoms with Crippen LogP contribution in [-0.4, -0.2) is 36.9 Å². The van der Waals surface area contributed by atoms with Crippen molar-refractivity contribution >= 4 is 21.4 Å². The molecule has 1 aliphatic heterocycles. The van der Waals surface area contributed by atoms with Crippen molar-refractivity contribution in [3.8, 4) is 22.9 Å². The number of fused-ring (bicyclic) bond motifs is 1. The van der Waals surface area contributed by atoms with E-state index in [1.54, 1.807) is 42.5 Å². The fourth-order valence-corrected chi connectivity index (χ4v) is 5.46. The highest BCUT2D eigenvalue weighted by Crippen LogP contribution is 2.36. The number of sulfone groups is 1. The molecule has 1 amide bonds. The Bertz CT molecular complexity index is 1790. The Morgan fingerprint density at radius 1 is 1.05 bits per heavy atom. The van der Waals surface area contributed by atoms with Crippen molar-refractivity contribution in [2.45, 2.75) is 17.5 Å². The Labute approximate surface area is 220 Å². The molecule has 3 aromatic carbocycles. The number of benzene rings is 3. The number of aromatic nitrogens is 2. The summed E-state index contributed by atoms with van der Waals surface area (Å²) in [5.41, 5.74) is 0.0350. The van der Waals surface area contributed by atoms with E-state index in [0.29, 0.717) is 34.9 Å². The number of hydrogen-bond acceptors (Lipinski definition) is 5. The summed E-state index contributed by atoms with van der Waals surface area (Å²) in [6.07, 6.45) is -3.37. The number of amides is 1. The summed E-state index contributed by atoms with van der Waals surface area (Å²) in [6, 6.07) is 16.8. The molecule has 1 aromatic heterocycles. The normalized spacial score (nSPS) is 13.3. The lowest BCUT2D eigenvalue weighted by molar-refractivity contribution is -0.141. The second-order valence-electron chi connectivity index (χ2n) is 8.92. The monoisotopic (exact) mass is 554 g/mol. The number of carbonyl (C=O) groups is 1. The Hall–Kier alpha value is -4.50. The highest BCUT2D eigenvalue weighted by molar-refractivity contribution is 7.90. The first-order valence-corrected chi connectivity index (χ1v) is 13.4. The van der Waals surface area contributed by atoms with Gasteiger partial charge in [-0.2, -0.15) is 23.5 Å². The van der Waals surface area contributed by atoms with Crippen molar-refractivity contribution in [2.75, 3.05) is 17.7 Å². The molecule has 0 saturated heterocycles. The fourth-order valence-electron chi connectivity index (χ4n) is 4.55. The molecule has 0 N–H and O–H groups in total. The Morgan fingerprint density at radius 3 is 2.49 bits per heavy atom. The van der Waals surface area contributed by atoms with Crippen LogP contribution in [0.2, 0.25) is 0 Å². The molecule has 0 atom stereocenters. The SMILES string of the molecule is CS(=O)(=O)c1ccccc1-c1ccc2c(c1)CCN2C(=O)c1cc(C(F)(F)F)nn1-c1ccc(F)c(C#N)c1. The molecule has 0 bridgehead atoms. The van der Waals surface area contributed by atoms with Gasteiger partial charge in [0, 0.05) is 30.1 Å². The first kappa shape index (κ1) is 26.1. The zero-order chi connectivity index (χ0) is 28.1. The van der Waals surface area contributed by atoms with Gasteiger partial charge in [0.2, 0.25) is 0 Å². The van der Waals surface area contributed by atoms with Gasteiger partial charge in [-0.15, -0.1) is 0 Å². The molecule has 7 nitrogen and oxygen atoms in total. The van der Waals surface area contributed by atoms with Crippen LogP contribution in [0.25, 0.3) is 16.8 Å². The summed E-state index contributed by atoms with van der Waals surface area (Å²) in [6.45, 7) is 0.157. The molecule has 0 spiro atoms. The first-order chi connectivity index (χ1) is 18.4. The minimum absolute atomic E-state index is 0.0843. The Kier molecular flexibility index (Phi) is 6.27. The highest BCUT2D eigenvalue weighted by atomic mass is 32.2. The topological polar surface area (TPSA) is 96.1 Å². The third kappa shape index (κ3) is 4.77. The van der Waals surface area contributed by atoms with Crippen LogP contribution in [0.3, 0.4) is 0 Å². The number of halogens is 4. The van der Waals surface area contributed by atoms with Crippen molar-refractivity contribution in [3.05, 3.63) is 95.1 Å². The van der Waals surface area contributed by atoms with Gasteiger partial charge >= 0.3 is 6.18 Å². The van der Waals surface area contributed by atoms with Gasteiger partial charge in [-0.3, -0.25) is 4.79 Å². The predicted octanol–water partition coefficient (Wildman–Crippen LogP) is 5.18. The van der Waals surface area contributed by atoms with E-state index in [4.69, 9.17) is 5.26 Å². The van der Waals surface area contributed by atoms with Crippen molar-refractivity contribution in [1.82, 2.24) is 9.78 Å². The van der Waals surface area contributed by atoms with Gasteiger partial charge in [0.1, 0.15) is 17.6 Å². The van der Waals surface area contributed by atoms with E-state index in [1.807, 2.05) is 0 Å². The fraction of sp³-hybridized carbons (Fsp3) is 0.148. The van der Waals surface area contributed by atoms with Gasteiger partial charge in [-0.1, -0.05) is 24.3 Å². The van der Waals surface area contributed by atoms with Gasteiger partial charge in [-0.25, -0.2) is 17.5 Å². The van der Waals surface area contributed by atoms with E-state index in [9.17, 15) is 30.8 Å². The summed E-state index contributed by atoms with van der Waals surface area (Å²) in [4.78, 5) is 15.0. The van der Waals surface area contributed by atoms with Crippen LogP contribution >= 0.6 is 0 Å². The molecule has 5 rings (SSSR count). The molecule has 4 aromatic rings. The lowest BCUT2D eigenvalue weighted by Gasteiger charge is -2.18. The summed E-state index contributed by atoms with van der Waals surface area (Å²) in [5, 5.41) is 12.7. The maximum absolute atomic E-state index is 13.9. The van der Waals surface area contributed by atoms with Gasteiger partial charge in [0.15, 0.2) is 15.5 Å². The van der Waals surface area contributed by atoms with Gasteiger partial charge in [-0.05, 0) is 53.9 Å². The maximum atomic E-state index is 13.9. The third-order valence-electron chi connectivity index (χ3n) is 6.35. The van der Waals surface area contributed by atoms with E-state index >= 15 is 0 Å². The molecular formula is C27H18F4N4O3S. The molecular weight excluding hydrogens is 536 g/mol. The third-order valence-corrected chi connectivity index (χ3v) is 7.51. The Balaban J connectivity index is 1.56. The second kappa shape index (κ2) is 9.36. The number of nitrogens with zero attached hydrogens (tertiary/aromatic N) is 4. The van der Waals surface area contributed by atoms with Crippen LogP contribution in [-0.2, 0) is 22.4 Å². The zero-order valence-corrected chi connectivity index (χ0v) is 21.0. The van der Waals surface area contributed by atoms with Crippen LogP contribution in [0, 0.1) is 17.1 Å². The number of alkyl halides is 3. The van der Waals surface area contributed by atoms with Gasteiger partial charge in [0.25, 0.3) is 5.91 Å². The quantitative estimate of drug-likeness (QED) is 0.324. The van der Waals surface area contributed by atoms with Gasteiger partial charge in [0.05, 0.1) is 16.1 Å². The number of nitriles is 1. The van der Waals surface area contributed by atoms with E-state index < -0.39 is 44.7 Å². The lowest BCUT2D eigenvalue weighted by Crippen LogP contribution is -2.30.